The third kappa shape index (κ3) is 2.02. The second-order valence-corrected chi connectivity index (χ2v) is 5.18. The molecule has 0 saturated heterocycles. The van der Waals surface area contributed by atoms with Gasteiger partial charge >= 0.3 is 0 Å². The molecule has 0 bridgehead atoms. The maximum atomic E-state index is 11.7. The van der Waals surface area contributed by atoms with E-state index >= 15 is 0 Å². The predicted octanol–water partition coefficient (Wildman–Crippen LogP) is 4.27. The van der Waals surface area contributed by atoms with E-state index in [2.05, 4.69) is 11.1 Å². The average molecular weight is 279 g/mol. The van der Waals surface area contributed by atoms with Crippen LogP contribution in [0.5, 0.6) is 5.75 Å². The van der Waals surface area contributed by atoms with Gasteiger partial charge in [-0.25, -0.2) is 0 Å². The summed E-state index contributed by atoms with van der Waals surface area (Å²) in [6, 6.07) is 11.8. The van der Waals surface area contributed by atoms with Crippen molar-refractivity contribution in [2.45, 2.75) is 13.8 Å². The van der Waals surface area contributed by atoms with Gasteiger partial charge in [-0.05, 0) is 37.1 Å². The molecule has 1 aromatic heterocycles. The van der Waals surface area contributed by atoms with Crippen molar-refractivity contribution < 1.29 is 9.53 Å². The number of para-hydroxylation sites is 1. The smallest absolute Gasteiger partial charge is 0.152 e. The Morgan fingerprint density at radius 1 is 1.05 bits per heavy atom. The van der Waals surface area contributed by atoms with E-state index in [0.29, 0.717) is 5.56 Å². The highest BCUT2D eigenvalue weighted by Crippen LogP contribution is 2.36. The minimum absolute atomic E-state index is 0.690. The Bertz CT molecular complexity index is 831. The van der Waals surface area contributed by atoms with Gasteiger partial charge < -0.3 is 9.72 Å². The lowest BCUT2D eigenvalue weighted by molar-refractivity contribution is 0.112. The number of methoxy groups -OCH3 is 1. The van der Waals surface area contributed by atoms with E-state index in [4.69, 9.17) is 4.74 Å². The number of aromatic amines is 1. The minimum atomic E-state index is 0.690. The van der Waals surface area contributed by atoms with Crippen molar-refractivity contribution in [1.29, 1.82) is 0 Å². The second-order valence-electron chi connectivity index (χ2n) is 5.18. The van der Waals surface area contributed by atoms with Crippen molar-refractivity contribution in [1.82, 2.24) is 4.98 Å². The molecule has 106 valence electrons. The molecule has 2 aromatic carbocycles. The molecule has 1 N–H and O–H groups in total. The maximum absolute atomic E-state index is 11.7. The Hall–Kier alpha value is -2.55. The molecular formula is C18H17NO2. The van der Waals surface area contributed by atoms with E-state index in [-0.39, 0.29) is 0 Å². The number of carbonyl (C=O) groups is 1. The van der Waals surface area contributed by atoms with Gasteiger partial charge in [0.2, 0.25) is 0 Å². The van der Waals surface area contributed by atoms with E-state index in [1.165, 1.54) is 0 Å². The zero-order valence-corrected chi connectivity index (χ0v) is 12.4. The van der Waals surface area contributed by atoms with E-state index in [1.807, 2.05) is 44.2 Å². The molecule has 0 saturated carbocycles. The van der Waals surface area contributed by atoms with Gasteiger partial charge in [0.1, 0.15) is 5.75 Å². The molecule has 0 fully saturated rings. The summed E-state index contributed by atoms with van der Waals surface area (Å²) in [5.74, 6) is 0.752. The van der Waals surface area contributed by atoms with Crippen molar-refractivity contribution in [2.75, 3.05) is 7.11 Å². The SMILES string of the molecule is COc1ccccc1-c1[nH]c2c(C)ccc(C)c2c1C=O. The lowest BCUT2D eigenvalue weighted by atomic mass is 10.0. The van der Waals surface area contributed by atoms with Crippen molar-refractivity contribution >= 4 is 17.2 Å². The Morgan fingerprint density at radius 2 is 1.76 bits per heavy atom. The molecule has 21 heavy (non-hydrogen) atoms. The number of H-pyrrole nitrogens is 1. The van der Waals surface area contributed by atoms with Crippen LogP contribution in [0, 0.1) is 13.8 Å². The summed E-state index contributed by atoms with van der Waals surface area (Å²) >= 11 is 0. The molecule has 0 amide bonds. The van der Waals surface area contributed by atoms with Crippen LogP contribution in [0.15, 0.2) is 36.4 Å². The third-order valence-corrected chi connectivity index (χ3v) is 3.90. The number of carbonyl (C=O) groups excluding carboxylic acids is 1. The normalized spacial score (nSPS) is 10.8. The van der Waals surface area contributed by atoms with E-state index in [9.17, 15) is 4.79 Å². The molecule has 0 aliphatic rings. The number of fused-ring (bicyclic) bond motifs is 1. The van der Waals surface area contributed by atoms with Crippen LogP contribution in [-0.2, 0) is 0 Å². The molecule has 0 spiro atoms. The highest BCUT2D eigenvalue weighted by Gasteiger charge is 2.17. The zero-order valence-electron chi connectivity index (χ0n) is 12.4. The van der Waals surface area contributed by atoms with E-state index in [1.54, 1.807) is 7.11 Å². The van der Waals surface area contributed by atoms with Gasteiger partial charge in [0.15, 0.2) is 6.29 Å². The van der Waals surface area contributed by atoms with Crippen LogP contribution in [0.25, 0.3) is 22.2 Å². The molecule has 0 atom stereocenters. The molecule has 0 radical (unpaired) electrons. The van der Waals surface area contributed by atoms with Gasteiger partial charge in [-0.2, -0.15) is 0 Å². The van der Waals surface area contributed by atoms with Crippen LogP contribution in [0.2, 0.25) is 0 Å². The van der Waals surface area contributed by atoms with Crippen LogP contribution < -0.4 is 4.74 Å². The largest absolute Gasteiger partial charge is 0.496 e. The molecule has 3 nitrogen and oxygen atoms in total. The number of hydrogen-bond donors (Lipinski definition) is 1. The monoisotopic (exact) mass is 279 g/mol. The van der Waals surface area contributed by atoms with Gasteiger partial charge in [0.05, 0.1) is 12.8 Å². The lowest BCUT2D eigenvalue weighted by Gasteiger charge is -2.07. The summed E-state index contributed by atoms with van der Waals surface area (Å²) in [7, 11) is 1.64. The number of aldehydes is 1. The second kappa shape index (κ2) is 5.09. The summed E-state index contributed by atoms with van der Waals surface area (Å²) in [6.45, 7) is 4.06. The quantitative estimate of drug-likeness (QED) is 0.727. The van der Waals surface area contributed by atoms with Crippen molar-refractivity contribution in [3.63, 3.8) is 0 Å². The van der Waals surface area contributed by atoms with Crippen molar-refractivity contribution in [3.8, 4) is 17.0 Å². The number of ether oxygens (including phenoxy) is 1. The van der Waals surface area contributed by atoms with Crippen LogP contribution in [-0.4, -0.2) is 18.4 Å². The molecule has 3 heteroatoms. The molecule has 0 aliphatic carbocycles. The van der Waals surface area contributed by atoms with E-state index in [0.717, 1.165) is 45.3 Å². The third-order valence-electron chi connectivity index (χ3n) is 3.90. The summed E-state index contributed by atoms with van der Waals surface area (Å²) < 4.78 is 5.42. The summed E-state index contributed by atoms with van der Waals surface area (Å²) in [5.41, 5.74) is 5.63. The summed E-state index contributed by atoms with van der Waals surface area (Å²) in [6.07, 6.45) is 0.924. The fourth-order valence-electron chi connectivity index (χ4n) is 2.82. The van der Waals surface area contributed by atoms with Gasteiger partial charge in [0, 0.05) is 22.0 Å². The zero-order chi connectivity index (χ0) is 15.0. The highest BCUT2D eigenvalue weighted by atomic mass is 16.5. The van der Waals surface area contributed by atoms with Gasteiger partial charge in [0.25, 0.3) is 0 Å². The lowest BCUT2D eigenvalue weighted by Crippen LogP contribution is -1.90. The highest BCUT2D eigenvalue weighted by molar-refractivity contribution is 6.07. The topological polar surface area (TPSA) is 42.1 Å². The summed E-state index contributed by atoms with van der Waals surface area (Å²) in [5, 5.41) is 0.992. The van der Waals surface area contributed by atoms with Gasteiger partial charge in [-0.15, -0.1) is 0 Å². The Kier molecular flexibility index (Phi) is 3.26. The number of aromatic nitrogens is 1. The molecule has 3 aromatic rings. The first-order valence-corrected chi connectivity index (χ1v) is 6.87. The molecule has 0 aliphatic heterocycles. The first-order chi connectivity index (χ1) is 10.2. The Morgan fingerprint density at radius 3 is 2.48 bits per heavy atom. The van der Waals surface area contributed by atoms with Crippen LogP contribution >= 0.6 is 0 Å². The molecule has 0 unspecified atom stereocenters. The first kappa shape index (κ1) is 13.4. The summed E-state index contributed by atoms with van der Waals surface area (Å²) in [4.78, 5) is 15.1. The fraction of sp³-hybridized carbons (Fsp3) is 0.167. The van der Waals surface area contributed by atoms with Gasteiger partial charge in [-0.1, -0.05) is 24.3 Å². The maximum Gasteiger partial charge on any atom is 0.152 e. The number of hydrogen-bond acceptors (Lipinski definition) is 2. The Balaban J connectivity index is 2.41. The molecule has 3 rings (SSSR count). The number of nitrogens with one attached hydrogen (secondary N) is 1. The van der Waals surface area contributed by atoms with Crippen LogP contribution in [0.4, 0.5) is 0 Å². The minimum Gasteiger partial charge on any atom is -0.496 e. The number of benzene rings is 2. The van der Waals surface area contributed by atoms with Gasteiger partial charge in [-0.3, -0.25) is 4.79 Å². The van der Waals surface area contributed by atoms with Crippen LogP contribution in [0.1, 0.15) is 21.5 Å². The average Bonchev–Trinajstić information content (AvgIpc) is 2.91. The number of aryl methyl sites for hydroxylation is 2. The first-order valence-electron chi connectivity index (χ1n) is 6.87. The fourth-order valence-corrected chi connectivity index (χ4v) is 2.82. The van der Waals surface area contributed by atoms with Crippen molar-refractivity contribution in [2.24, 2.45) is 0 Å². The van der Waals surface area contributed by atoms with Crippen LogP contribution in [0.3, 0.4) is 0 Å². The molecular weight excluding hydrogens is 262 g/mol. The van der Waals surface area contributed by atoms with E-state index < -0.39 is 0 Å². The van der Waals surface area contributed by atoms with Crippen molar-refractivity contribution in [3.05, 3.63) is 53.1 Å². The standard InChI is InChI=1S/C18H17NO2/c1-11-8-9-12(2)17-16(11)14(10-20)18(19-17)13-6-4-5-7-15(13)21-3/h4-10,19H,1-3H3. The number of rotatable bonds is 3. The Labute approximate surface area is 123 Å². The predicted molar refractivity (Wildman–Crippen MR) is 85.1 cm³/mol. The molecule has 1 heterocycles.